The molecule has 0 unspecified atom stereocenters. The van der Waals surface area contributed by atoms with Crippen LogP contribution < -0.4 is 14.2 Å². The van der Waals surface area contributed by atoms with Crippen molar-refractivity contribution >= 4 is 23.6 Å². The molecule has 4 aromatic carbocycles. The Kier molecular flexibility index (Phi) is 13.4. The molecule has 7 nitrogen and oxygen atoms in total. The first kappa shape index (κ1) is 38.6. The van der Waals surface area contributed by atoms with Gasteiger partial charge in [-0.25, -0.2) is 4.98 Å². The van der Waals surface area contributed by atoms with Gasteiger partial charge in [0, 0.05) is 51.3 Å². The molecule has 1 fully saturated rings. The highest BCUT2D eigenvalue weighted by atomic mass is 35.5. The van der Waals surface area contributed by atoms with Gasteiger partial charge < -0.3 is 19.1 Å². The van der Waals surface area contributed by atoms with E-state index in [0.29, 0.717) is 48.1 Å². The van der Waals surface area contributed by atoms with Gasteiger partial charge in [0.25, 0.3) is 0 Å². The van der Waals surface area contributed by atoms with Crippen LogP contribution in [0.15, 0.2) is 109 Å². The highest BCUT2D eigenvalue weighted by Gasteiger charge is 2.18. The predicted molar refractivity (Wildman–Crippen MR) is 218 cm³/mol. The van der Waals surface area contributed by atoms with Gasteiger partial charge in [-0.05, 0) is 96.0 Å². The maximum absolute atomic E-state index is 13.2. The third-order valence-electron chi connectivity index (χ3n) is 9.65. The first-order valence-corrected chi connectivity index (χ1v) is 19.2. The van der Waals surface area contributed by atoms with Crippen molar-refractivity contribution in [1.82, 2.24) is 14.8 Å². The van der Waals surface area contributed by atoms with Gasteiger partial charge in [-0.2, -0.15) is 0 Å². The first-order valence-electron chi connectivity index (χ1n) is 18.8. The summed E-state index contributed by atoms with van der Waals surface area (Å²) >= 11 is 6.66. The Labute approximate surface area is 325 Å². The van der Waals surface area contributed by atoms with E-state index >= 15 is 0 Å². The average Bonchev–Trinajstić information content (AvgIpc) is 3.42. The molecule has 2 heterocycles. The summed E-state index contributed by atoms with van der Waals surface area (Å²) in [6, 6.07) is 32.8. The standard InChI is InChI=1S/C46H50ClN3O4/c1-33(2)40-15-17-41(18-16-40)52-27-22-36-10-12-37(13-11-36)31-49-23-5-24-50(26-25-49)45(51)21-14-39-28-35(4)46(43(47)29-39)54-44-20-19-42(30-48-44)53-32-38-8-6-34(3)7-9-38/h6-21,28-30,33H,5,22-27,31-32H2,1-4H3. The Balaban J connectivity index is 0.940. The van der Waals surface area contributed by atoms with Crippen molar-refractivity contribution in [2.45, 2.75) is 59.6 Å². The van der Waals surface area contributed by atoms with Crippen molar-refractivity contribution in [2.75, 3.05) is 32.8 Å². The van der Waals surface area contributed by atoms with Crippen molar-refractivity contribution in [3.63, 3.8) is 0 Å². The van der Waals surface area contributed by atoms with Crippen LogP contribution in [0.4, 0.5) is 0 Å². The van der Waals surface area contributed by atoms with Crippen molar-refractivity contribution < 1.29 is 19.0 Å². The Morgan fingerprint density at radius 1 is 0.815 bits per heavy atom. The van der Waals surface area contributed by atoms with E-state index < -0.39 is 0 Å². The molecule has 0 aliphatic carbocycles. The molecule has 0 bridgehead atoms. The lowest BCUT2D eigenvalue weighted by molar-refractivity contribution is -0.125. The van der Waals surface area contributed by atoms with Gasteiger partial charge >= 0.3 is 0 Å². The lowest BCUT2D eigenvalue weighted by Gasteiger charge is -2.21. The summed E-state index contributed by atoms with van der Waals surface area (Å²) in [5.74, 6) is 3.03. The van der Waals surface area contributed by atoms with E-state index in [1.165, 1.54) is 22.3 Å². The van der Waals surface area contributed by atoms with Crippen LogP contribution in [-0.2, 0) is 24.4 Å². The number of halogens is 1. The monoisotopic (exact) mass is 743 g/mol. The van der Waals surface area contributed by atoms with E-state index in [4.69, 9.17) is 25.8 Å². The number of hydrogen-bond acceptors (Lipinski definition) is 6. The Bertz CT molecular complexity index is 1970. The fourth-order valence-electron chi connectivity index (χ4n) is 6.38. The number of carbonyl (C=O) groups excluding carboxylic acids is 1. The molecule has 0 radical (unpaired) electrons. The summed E-state index contributed by atoms with van der Waals surface area (Å²) in [4.78, 5) is 22.0. The molecule has 8 heteroatoms. The summed E-state index contributed by atoms with van der Waals surface area (Å²) in [7, 11) is 0. The second-order valence-corrected chi connectivity index (χ2v) is 14.7. The normalized spacial score (nSPS) is 13.6. The molecular formula is C46H50ClN3O4. The molecule has 0 N–H and O–H groups in total. The smallest absolute Gasteiger partial charge is 0.246 e. The van der Waals surface area contributed by atoms with Crippen molar-refractivity contribution in [1.29, 1.82) is 0 Å². The van der Waals surface area contributed by atoms with E-state index in [9.17, 15) is 4.79 Å². The third kappa shape index (κ3) is 11.2. The zero-order chi connectivity index (χ0) is 37.9. The molecule has 6 rings (SSSR count). The van der Waals surface area contributed by atoms with E-state index in [2.05, 4.69) is 103 Å². The number of hydrogen-bond donors (Lipinski definition) is 0. The average molecular weight is 744 g/mol. The number of nitrogens with zero attached hydrogens (tertiary/aromatic N) is 3. The molecule has 0 spiro atoms. The highest BCUT2D eigenvalue weighted by molar-refractivity contribution is 6.32. The second kappa shape index (κ2) is 18.8. The molecule has 0 saturated carbocycles. The van der Waals surface area contributed by atoms with Crippen molar-refractivity contribution in [3.05, 3.63) is 153 Å². The molecule has 1 aliphatic heterocycles. The van der Waals surface area contributed by atoms with Gasteiger partial charge in [-0.3, -0.25) is 9.69 Å². The van der Waals surface area contributed by atoms with Gasteiger partial charge in [0.1, 0.15) is 18.1 Å². The van der Waals surface area contributed by atoms with Crippen LogP contribution in [0.3, 0.4) is 0 Å². The summed E-state index contributed by atoms with van der Waals surface area (Å²) < 4.78 is 17.9. The van der Waals surface area contributed by atoms with Gasteiger partial charge in [0.2, 0.25) is 11.8 Å². The zero-order valence-electron chi connectivity index (χ0n) is 31.8. The third-order valence-corrected chi connectivity index (χ3v) is 9.93. The fraction of sp³-hybridized carbons (Fsp3) is 0.304. The Morgan fingerprint density at radius 2 is 1.54 bits per heavy atom. The second-order valence-electron chi connectivity index (χ2n) is 14.3. The molecule has 54 heavy (non-hydrogen) atoms. The van der Waals surface area contributed by atoms with Crippen LogP contribution in [0.2, 0.25) is 5.02 Å². The fourth-order valence-corrected chi connectivity index (χ4v) is 6.69. The van der Waals surface area contributed by atoms with E-state index in [-0.39, 0.29) is 5.91 Å². The van der Waals surface area contributed by atoms with E-state index in [1.54, 1.807) is 24.4 Å². The van der Waals surface area contributed by atoms with E-state index in [0.717, 1.165) is 61.5 Å². The summed E-state index contributed by atoms with van der Waals surface area (Å²) in [6.07, 6.45) is 6.89. The minimum atomic E-state index is 0.00211. The quantitative estimate of drug-likeness (QED) is 0.106. The van der Waals surface area contributed by atoms with Gasteiger partial charge in [0.05, 0.1) is 17.8 Å². The number of amides is 1. The number of aryl methyl sites for hydroxylation is 2. The largest absolute Gasteiger partial charge is 0.493 e. The molecule has 1 aromatic heterocycles. The van der Waals surface area contributed by atoms with Gasteiger partial charge in [0.15, 0.2) is 5.75 Å². The summed E-state index contributed by atoms with van der Waals surface area (Å²) in [5.41, 5.74) is 7.84. The Morgan fingerprint density at radius 3 is 2.24 bits per heavy atom. The molecular weight excluding hydrogens is 694 g/mol. The summed E-state index contributed by atoms with van der Waals surface area (Å²) in [6.45, 7) is 13.6. The number of pyridine rings is 1. The maximum Gasteiger partial charge on any atom is 0.246 e. The first-order chi connectivity index (χ1) is 26.2. The van der Waals surface area contributed by atoms with Crippen molar-refractivity contribution in [3.8, 4) is 23.1 Å². The Hall–Kier alpha value is -5.11. The van der Waals surface area contributed by atoms with Gasteiger partial charge in [-0.15, -0.1) is 0 Å². The molecule has 1 aliphatic rings. The van der Waals surface area contributed by atoms with Crippen molar-refractivity contribution in [2.24, 2.45) is 0 Å². The molecule has 5 aromatic rings. The lowest BCUT2D eigenvalue weighted by atomic mass is 10.0. The SMILES string of the molecule is Cc1ccc(COc2ccc(Oc3c(C)cc(C=CC(=O)N4CCCN(Cc5ccc(CCOc6ccc(C(C)C)cc6)cc5)CC4)cc3Cl)nc2)cc1. The number of ether oxygens (including phenoxy) is 3. The topological polar surface area (TPSA) is 64.1 Å². The minimum Gasteiger partial charge on any atom is -0.493 e. The number of aromatic nitrogens is 1. The zero-order valence-corrected chi connectivity index (χ0v) is 32.5. The van der Waals surface area contributed by atoms with Crippen LogP contribution in [0.1, 0.15) is 65.1 Å². The minimum absolute atomic E-state index is 0.00211. The van der Waals surface area contributed by atoms with Crippen LogP contribution in [-0.4, -0.2) is 53.5 Å². The lowest BCUT2D eigenvalue weighted by Crippen LogP contribution is -2.34. The number of rotatable bonds is 14. The number of benzene rings is 4. The highest BCUT2D eigenvalue weighted by Crippen LogP contribution is 2.34. The molecule has 1 amide bonds. The van der Waals surface area contributed by atoms with Crippen LogP contribution in [0.5, 0.6) is 23.1 Å². The van der Waals surface area contributed by atoms with Gasteiger partial charge in [-0.1, -0.05) is 91.7 Å². The maximum atomic E-state index is 13.2. The van der Waals surface area contributed by atoms with Crippen LogP contribution >= 0.6 is 11.6 Å². The molecule has 1 saturated heterocycles. The molecule has 280 valence electrons. The van der Waals surface area contributed by atoms with Crippen LogP contribution in [0.25, 0.3) is 6.08 Å². The van der Waals surface area contributed by atoms with Crippen LogP contribution in [0, 0.1) is 13.8 Å². The molecule has 0 atom stereocenters. The predicted octanol–water partition coefficient (Wildman–Crippen LogP) is 10.2. The summed E-state index contributed by atoms with van der Waals surface area (Å²) in [5, 5.41) is 0.447. The number of carbonyl (C=O) groups is 1. The van der Waals surface area contributed by atoms with E-state index in [1.807, 2.05) is 30.0 Å².